The van der Waals surface area contributed by atoms with Crippen LogP contribution in [0, 0.1) is 11.3 Å². The maximum atomic E-state index is 12.7. The molecule has 0 atom stereocenters. The first-order chi connectivity index (χ1) is 9.13. The first-order valence-corrected chi connectivity index (χ1v) is 7.47. The number of rotatable bonds is 0. The van der Waals surface area contributed by atoms with Gasteiger partial charge < -0.3 is 0 Å². The molecule has 19 heavy (non-hydrogen) atoms. The summed E-state index contributed by atoms with van der Waals surface area (Å²) in [7, 11) is -3.52. The van der Waals surface area contributed by atoms with E-state index in [9.17, 15) is 8.42 Å². The Balaban J connectivity index is 2.34. The molecule has 1 aliphatic heterocycles. The molecule has 2 aromatic carbocycles. The Morgan fingerprint density at radius 3 is 2.37 bits per heavy atom. The predicted octanol–water partition coefficient (Wildman–Crippen LogP) is 2.49. The van der Waals surface area contributed by atoms with E-state index in [0.717, 1.165) is 11.1 Å². The summed E-state index contributed by atoms with van der Waals surface area (Å²) in [6, 6.07) is 14.0. The van der Waals surface area contributed by atoms with Crippen LogP contribution in [0.25, 0.3) is 0 Å². The fraction of sp³-hybridized carbons (Fsp3) is 0.133. The summed E-state index contributed by atoms with van der Waals surface area (Å²) in [5.74, 6) is 0. The zero-order valence-corrected chi connectivity index (χ0v) is 10.9. The highest BCUT2D eigenvalue weighted by atomic mass is 32.2. The van der Waals surface area contributed by atoms with E-state index < -0.39 is 9.84 Å². The van der Waals surface area contributed by atoms with Gasteiger partial charge in [0.15, 0.2) is 0 Å². The van der Waals surface area contributed by atoms with E-state index in [4.69, 9.17) is 5.26 Å². The lowest BCUT2D eigenvalue weighted by Gasteiger charge is -2.07. The summed E-state index contributed by atoms with van der Waals surface area (Å²) < 4.78 is 25.3. The largest absolute Gasteiger partial charge is 0.218 e. The van der Waals surface area contributed by atoms with Crippen LogP contribution in [0.15, 0.2) is 52.3 Å². The first kappa shape index (κ1) is 11.9. The number of nitrogens with zero attached hydrogens (tertiary/aromatic N) is 1. The smallest absolute Gasteiger partial charge is 0.207 e. The van der Waals surface area contributed by atoms with Gasteiger partial charge in [-0.2, -0.15) is 5.26 Å². The van der Waals surface area contributed by atoms with Crippen molar-refractivity contribution in [3.8, 4) is 6.07 Å². The van der Waals surface area contributed by atoms with E-state index in [1.807, 2.05) is 18.2 Å². The van der Waals surface area contributed by atoms with Crippen LogP contribution < -0.4 is 0 Å². The van der Waals surface area contributed by atoms with E-state index in [1.165, 1.54) is 6.07 Å². The number of aryl methyl sites for hydroxylation is 2. The molecule has 0 N–H and O–H groups in total. The lowest BCUT2D eigenvalue weighted by Crippen LogP contribution is -2.04. The zero-order valence-electron chi connectivity index (χ0n) is 10.1. The third-order valence-electron chi connectivity index (χ3n) is 3.41. The molecule has 3 rings (SSSR count). The maximum absolute atomic E-state index is 12.7. The molecule has 1 heterocycles. The molecule has 0 saturated carbocycles. The van der Waals surface area contributed by atoms with Crippen molar-refractivity contribution in [2.75, 3.05) is 0 Å². The highest BCUT2D eigenvalue weighted by Gasteiger charge is 2.27. The molecule has 0 aliphatic carbocycles. The fourth-order valence-electron chi connectivity index (χ4n) is 2.44. The Hall–Kier alpha value is -2.12. The second-order valence-electron chi connectivity index (χ2n) is 4.55. The van der Waals surface area contributed by atoms with Gasteiger partial charge in [0, 0.05) is 0 Å². The molecule has 0 radical (unpaired) electrons. The van der Waals surface area contributed by atoms with Crippen molar-refractivity contribution in [2.45, 2.75) is 22.6 Å². The molecular weight excluding hydrogens is 258 g/mol. The zero-order chi connectivity index (χ0) is 13.5. The monoisotopic (exact) mass is 269 g/mol. The Bertz CT molecular complexity index is 801. The second kappa shape index (κ2) is 4.22. The van der Waals surface area contributed by atoms with Crippen molar-refractivity contribution in [3.05, 3.63) is 59.2 Å². The highest BCUT2D eigenvalue weighted by molar-refractivity contribution is 7.91. The summed E-state index contributed by atoms with van der Waals surface area (Å²) in [4.78, 5) is 0.639. The van der Waals surface area contributed by atoms with Gasteiger partial charge in [-0.15, -0.1) is 0 Å². The fourth-order valence-corrected chi connectivity index (χ4v) is 4.25. The van der Waals surface area contributed by atoms with Crippen LogP contribution in [-0.4, -0.2) is 8.42 Å². The summed E-state index contributed by atoms with van der Waals surface area (Å²) >= 11 is 0. The minimum atomic E-state index is -3.52. The van der Waals surface area contributed by atoms with E-state index >= 15 is 0 Å². The molecule has 0 spiro atoms. The molecule has 94 valence electrons. The van der Waals surface area contributed by atoms with Crippen LogP contribution >= 0.6 is 0 Å². The van der Waals surface area contributed by atoms with E-state index in [-0.39, 0.29) is 4.90 Å². The van der Waals surface area contributed by atoms with Gasteiger partial charge >= 0.3 is 0 Å². The van der Waals surface area contributed by atoms with Crippen LogP contribution in [0.2, 0.25) is 0 Å². The number of fused-ring (bicyclic) bond motifs is 2. The summed E-state index contributed by atoms with van der Waals surface area (Å²) in [5, 5.41) is 8.93. The van der Waals surface area contributed by atoms with E-state index in [2.05, 4.69) is 0 Å². The lowest BCUT2D eigenvalue weighted by molar-refractivity contribution is 0.595. The third-order valence-corrected chi connectivity index (χ3v) is 5.35. The van der Waals surface area contributed by atoms with Crippen LogP contribution in [0.4, 0.5) is 0 Å². The minimum Gasteiger partial charge on any atom is -0.218 e. The van der Waals surface area contributed by atoms with Gasteiger partial charge in [-0.3, -0.25) is 0 Å². The van der Waals surface area contributed by atoms with Crippen LogP contribution in [0.1, 0.15) is 16.7 Å². The number of benzene rings is 2. The quantitative estimate of drug-likeness (QED) is 0.738. The molecule has 4 heteroatoms. The Morgan fingerprint density at radius 2 is 1.63 bits per heavy atom. The van der Waals surface area contributed by atoms with Crippen molar-refractivity contribution < 1.29 is 8.42 Å². The average molecular weight is 269 g/mol. The number of nitriles is 1. The number of sulfone groups is 1. The van der Waals surface area contributed by atoms with Gasteiger partial charge in [-0.05, 0) is 42.2 Å². The average Bonchev–Trinajstić information content (AvgIpc) is 2.55. The molecule has 0 unspecified atom stereocenters. The number of hydrogen-bond acceptors (Lipinski definition) is 3. The van der Waals surface area contributed by atoms with Gasteiger partial charge in [-0.25, -0.2) is 8.42 Å². The molecule has 1 aliphatic rings. The molecule has 0 aromatic heterocycles. The van der Waals surface area contributed by atoms with Gasteiger partial charge in [0.05, 0.1) is 21.4 Å². The molecular formula is C15H11NO2S. The van der Waals surface area contributed by atoms with Crippen LogP contribution in [-0.2, 0) is 22.7 Å². The van der Waals surface area contributed by atoms with E-state index in [0.29, 0.717) is 23.3 Å². The molecule has 0 amide bonds. The van der Waals surface area contributed by atoms with Crippen molar-refractivity contribution in [1.29, 1.82) is 5.26 Å². The summed E-state index contributed by atoms with van der Waals surface area (Å²) in [6.07, 6.45) is 1.38. The van der Waals surface area contributed by atoms with Gasteiger partial charge in [-0.1, -0.05) is 24.3 Å². The molecule has 2 aromatic rings. The van der Waals surface area contributed by atoms with Crippen LogP contribution in [0.5, 0.6) is 0 Å². The standard InChI is InChI=1S/C15H11NO2S/c16-10-11-5-6-13-8-7-12-3-1-2-4-14(12)19(17,18)15(13)9-11/h1-6,9H,7-8H2. The highest BCUT2D eigenvalue weighted by Crippen LogP contribution is 2.32. The van der Waals surface area contributed by atoms with Gasteiger partial charge in [0.2, 0.25) is 9.84 Å². The molecule has 0 fully saturated rings. The Labute approximate surface area is 112 Å². The van der Waals surface area contributed by atoms with Crippen LogP contribution in [0.3, 0.4) is 0 Å². The SMILES string of the molecule is N#Cc1ccc2c(c1)S(=O)(=O)c1ccccc1CC2. The van der Waals surface area contributed by atoms with Crippen molar-refractivity contribution >= 4 is 9.84 Å². The molecule has 3 nitrogen and oxygen atoms in total. The maximum Gasteiger partial charge on any atom is 0.207 e. The summed E-state index contributed by atoms with van der Waals surface area (Å²) in [5.41, 5.74) is 2.01. The summed E-state index contributed by atoms with van der Waals surface area (Å²) in [6.45, 7) is 0. The Kier molecular flexibility index (Phi) is 2.65. The molecule has 0 bridgehead atoms. The first-order valence-electron chi connectivity index (χ1n) is 5.99. The van der Waals surface area contributed by atoms with Crippen molar-refractivity contribution in [2.24, 2.45) is 0 Å². The topological polar surface area (TPSA) is 57.9 Å². The Morgan fingerprint density at radius 1 is 0.947 bits per heavy atom. The second-order valence-corrected chi connectivity index (χ2v) is 6.43. The minimum absolute atomic E-state index is 0.275. The molecule has 0 saturated heterocycles. The van der Waals surface area contributed by atoms with Gasteiger partial charge in [0.25, 0.3) is 0 Å². The number of hydrogen-bond donors (Lipinski definition) is 0. The predicted molar refractivity (Wildman–Crippen MR) is 70.5 cm³/mol. The van der Waals surface area contributed by atoms with E-state index in [1.54, 1.807) is 24.3 Å². The normalized spacial score (nSPS) is 15.7. The van der Waals surface area contributed by atoms with Gasteiger partial charge in [0.1, 0.15) is 0 Å². The lowest BCUT2D eigenvalue weighted by atomic mass is 10.0. The van der Waals surface area contributed by atoms with Crippen molar-refractivity contribution in [1.82, 2.24) is 0 Å². The van der Waals surface area contributed by atoms with Crippen molar-refractivity contribution in [3.63, 3.8) is 0 Å². The third kappa shape index (κ3) is 1.83.